The van der Waals surface area contributed by atoms with Crippen LogP contribution in [0, 0.1) is 16.0 Å². The SMILES string of the molecule is NNc1sc(S(=O)(=O)N2CC3CCC2C3)cc1[N+](=O)[O-]. The van der Waals surface area contributed by atoms with Crippen molar-refractivity contribution >= 4 is 32.0 Å². The Hall–Kier alpha value is -1.23. The van der Waals surface area contributed by atoms with E-state index in [-0.39, 0.29) is 20.9 Å². The first-order chi connectivity index (χ1) is 9.43. The van der Waals surface area contributed by atoms with Crippen LogP contribution in [-0.4, -0.2) is 30.2 Å². The van der Waals surface area contributed by atoms with Crippen LogP contribution in [0.15, 0.2) is 10.3 Å². The van der Waals surface area contributed by atoms with E-state index in [4.69, 9.17) is 5.84 Å². The molecule has 0 aromatic carbocycles. The van der Waals surface area contributed by atoms with Gasteiger partial charge in [0.15, 0.2) is 5.00 Å². The van der Waals surface area contributed by atoms with E-state index in [1.165, 1.54) is 4.31 Å². The van der Waals surface area contributed by atoms with Gasteiger partial charge >= 0.3 is 5.69 Å². The minimum Gasteiger partial charge on any atom is -0.310 e. The number of anilines is 1. The van der Waals surface area contributed by atoms with Gasteiger partial charge in [-0.3, -0.25) is 10.1 Å². The molecule has 0 spiro atoms. The number of nitrogens with two attached hydrogens (primary N) is 1. The van der Waals surface area contributed by atoms with Crippen LogP contribution < -0.4 is 11.3 Å². The van der Waals surface area contributed by atoms with Crippen molar-refractivity contribution in [3.63, 3.8) is 0 Å². The number of nitrogen functional groups attached to an aromatic ring is 1. The Morgan fingerprint density at radius 3 is 2.70 bits per heavy atom. The second-order valence-corrected chi connectivity index (χ2v) is 8.26. The number of hydrogen-bond donors (Lipinski definition) is 2. The van der Waals surface area contributed by atoms with E-state index < -0.39 is 14.9 Å². The van der Waals surface area contributed by atoms with Crippen LogP contribution >= 0.6 is 11.3 Å². The average Bonchev–Trinajstić information content (AvgIpc) is 3.12. The summed E-state index contributed by atoms with van der Waals surface area (Å²) in [5.41, 5.74) is 1.88. The zero-order valence-electron chi connectivity index (χ0n) is 10.5. The molecule has 0 amide bonds. The van der Waals surface area contributed by atoms with Crippen molar-refractivity contribution < 1.29 is 13.3 Å². The predicted molar refractivity (Wildman–Crippen MR) is 73.8 cm³/mol. The molecule has 2 unspecified atom stereocenters. The van der Waals surface area contributed by atoms with Gasteiger partial charge in [-0.1, -0.05) is 11.3 Å². The topological polar surface area (TPSA) is 119 Å². The van der Waals surface area contributed by atoms with Crippen LogP contribution in [0.4, 0.5) is 10.7 Å². The zero-order chi connectivity index (χ0) is 14.5. The Bertz CT molecular complexity index is 656. The Balaban J connectivity index is 1.97. The van der Waals surface area contributed by atoms with E-state index in [0.29, 0.717) is 12.5 Å². The fourth-order valence-corrected chi connectivity index (χ4v) is 6.12. The fraction of sp³-hybridized carbons (Fsp3) is 0.600. The summed E-state index contributed by atoms with van der Waals surface area (Å²) < 4.78 is 26.6. The molecule has 1 aromatic heterocycles. The highest BCUT2D eigenvalue weighted by Gasteiger charge is 2.45. The Morgan fingerprint density at radius 2 is 2.25 bits per heavy atom. The average molecular weight is 318 g/mol. The van der Waals surface area contributed by atoms with Gasteiger partial charge in [-0.25, -0.2) is 14.3 Å². The number of rotatable bonds is 4. The number of nitrogens with zero attached hydrogens (tertiary/aromatic N) is 2. The third-order valence-electron chi connectivity index (χ3n) is 3.94. The van der Waals surface area contributed by atoms with Crippen LogP contribution in [0.1, 0.15) is 19.3 Å². The molecular weight excluding hydrogens is 304 g/mol. The summed E-state index contributed by atoms with van der Waals surface area (Å²) in [7, 11) is -3.66. The highest BCUT2D eigenvalue weighted by molar-refractivity contribution is 7.91. The molecule has 1 aliphatic carbocycles. The molecule has 1 saturated heterocycles. The minimum absolute atomic E-state index is 0.0234. The third kappa shape index (κ3) is 1.99. The lowest BCUT2D eigenvalue weighted by Gasteiger charge is -2.25. The van der Waals surface area contributed by atoms with Crippen LogP contribution in [-0.2, 0) is 10.0 Å². The van der Waals surface area contributed by atoms with Gasteiger partial charge in [0.2, 0.25) is 0 Å². The molecule has 1 saturated carbocycles. The van der Waals surface area contributed by atoms with E-state index >= 15 is 0 Å². The molecule has 0 radical (unpaired) electrons. The molecule has 3 rings (SSSR count). The molecule has 2 fully saturated rings. The first-order valence-electron chi connectivity index (χ1n) is 6.20. The Kier molecular flexibility index (Phi) is 3.20. The zero-order valence-corrected chi connectivity index (χ0v) is 12.1. The van der Waals surface area contributed by atoms with Crippen molar-refractivity contribution in [2.75, 3.05) is 12.0 Å². The molecule has 3 N–H and O–H groups in total. The maximum atomic E-state index is 12.6. The van der Waals surface area contributed by atoms with Crippen molar-refractivity contribution in [3.8, 4) is 0 Å². The summed E-state index contributed by atoms with van der Waals surface area (Å²) in [5, 5.41) is 10.9. The highest BCUT2D eigenvalue weighted by atomic mass is 32.2. The second-order valence-electron chi connectivity index (χ2n) is 5.09. The minimum atomic E-state index is -3.66. The number of fused-ring (bicyclic) bond motifs is 2. The molecule has 10 heteroatoms. The third-order valence-corrected chi connectivity index (χ3v) is 7.36. The van der Waals surface area contributed by atoms with Gasteiger partial charge in [-0.2, -0.15) is 4.31 Å². The molecule has 2 bridgehead atoms. The van der Waals surface area contributed by atoms with Gasteiger partial charge in [0.25, 0.3) is 10.0 Å². The largest absolute Gasteiger partial charge is 0.310 e. The van der Waals surface area contributed by atoms with Crippen LogP contribution in [0.3, 0.4) is 0 Å². The molecular formula is C10H14N4O4S2. The number of thiophene rings is 1. The van der Waals surface area contributed by atoms with E-state index in [9.17, 15) is 18.5 Å². The van der Waals surface area contributed by atoms with Gasteiger partial charge < -0.3 is 5.43 Å². The molecule has 2 atom stereocenters. The quantitative estimate of drug-likeness (QED) is 0.488. The lowest BCUT2D eigenvalue weighted by Crippen LogP contribution is -2.37. The van der Waals surface area contributed by atoms with Gasteiger partial charge in [0, 0.05) is 18.7 Å². The van der Waals surface area contributed by atoms with E-state index in [2.05, 4.69) is 5.43 Å². The number of piperidine rings is 1. The first kappa shape index (κ1) is 13.7. The molecule has 8 nitrogen and oxygen atoms in total. The predicted octanol–water partition coefficient (Wildman–Crippen LogP) is 1.11. The molecule has 20 heavy (non-hydrogen) atoms. The number of hydrazine groups is 1. The maximum Gasteiger partial charge on any atom is 0.306 e. The smallest absolute Gasteiger partial charge is 0.306 e. The number of nitro groups is 1. The molecule has 2 heterocycles. The number of hydrogen-bond acceptors (Lipinski definition) is 7. The summed E-state index contributed by atoms with van der Waals surface area (Å²) >= 11 is 0.802. The van der Waals surface area contributed by atoms with Crippen molar-refractivity contribution in [1.29, 1.82) is 0 Å². The lowest BCUT2D eigenvalue weighted by molar-refractivity contribution is -0.383. The monoisotopic (exact) mass is 318 g/mol. The van der Waals surface area contributed by atoms with E-state index in [0.717, 1.165) is 36.7 Å². The lowest BCUT2D eigenvalue weighted by atomic mass is 10.1. The molecule has 1 aliphatic heterocycles. The number of sulfonamides is 1. The van der Waals surface area contributed by atoms with Gasteiger partial charge in [-0.15, -0.1) is 0 Å². The molecule has 2 aliphatic rings. The normalized spacial score (nSPS) is 26.1. The van der Waals surface area contributed by atoms with Crippen molar-refractivity contribution in [2.24, 2.45) is 11.8 Å². The van der Waals surface area contributed by atoms with Crippen LogP contribution in [0.5, 0.6) is 0 Å². The Morgan fingerprint density at radius 1 is 1.50 bits per heavy atom. The summed E-state index contributed by atoms with van der Waals surface area (Å²) in [6.45, 7) is 0.518. The van der Waals surface area contributed by atoms with Crippen molar-refractivity contribution in [2.45, 2.75) is 29.5 Å². The number of nitrogens with one attached hydrogen (secondary N) is 1. The summed E-state index contributed by atoms with van der Waals surface area (Å²) in [6, 6.07) is 1.13. The van der Waals surface area contributed by atoms with Crippen LogP contribution in [0.25, 0.3) is 0 Å². The molecule has 110 valence electrons. The molecule has 1 aromatic rings. The second kappa shape index (κ2) is 4.65. The fourth-order valence-electron chi connectivity index (χ4n) is 3.02. The standard InChI is InChI=1S/C10H14N4O4S2/c11-12-10-8(14(15)16)4-9(19-10)20(17,18)13-5-6-1-2-7(13)3-6/h4,6-7,12H,1-3,5,11H2. The van der Waals surface area contributed by atoms with Crippen molar-refractivity contribution in [3.05, 3.63) is 16.2 Å². The summed E-state index contributed by atoms with van der Waals surface area (Å²) in [5.74, 6) is 5.63. The Labute approximate surface area is 119 Å². The van der Waals surface area contributed by atoms with Gasteiger partial charge in [-0.05, 0) is 25.2 Å². The summed E-state index contributed by atoms with van der Waals surface area (Å²) in [4.78, 5) is 10.2. The first-order valence-corrected chi connectivity index (χ1v) is 8.46. The highest BCUT2D eigenvalue weighted by Crippen LogP contribution is 2.43. The summed E-state index contributed by atoms with van der Waals surface area (Å²) in [6.07, 6.45) is 2.84. The maximum absolute atomic E-state index is 12.6. The van der Waals surface area contributed by atoms with E-state index in [1.54, 1.807) is 0 Å². The van der Waals surface area contributed by atoms with Crippen molar-refractivity contribution in [1.82, 2.24) is 4.31 Å². The van der Waals surface area contributed by atoms with E-state index in [1.807, 2.05) is 0 Å². The van der Waals surface area contributed by atoms with Crippen LogP contribution in [0.2, 0.25) is 0 Å². The van der Waals surface area contributed by atoms with Gasteiger partial charge in [0.05, 0.1) is 4.92 Å². The van der Waals surface area contributed by atoms with Gasteiger partial charge in [0.1, 0.15) is 4.21 Å².